The molecule has 0 aliphatic rings. The fourth-order valence-electron chi connectivity index (χ4n) is 1.38. The number of aromatic amines is 1. The van der Waals surface area contributed by atoms with E-state index in [-0.39, 0.29) is 0 Å². The Morgan fingerprint density at radius 1 is 1.33 bits per heavy atom. The van der Waals surface area contributed by atoms with E-state index in [2.05, 4.69) is 19.9 Å². The van der Waals surface area contributed by atoms with Gasteiger partial charge in [-0.25, -0.2) is 15.0 Å². The van der Waals surface area contributed by atoms with Gasteiger partial charge in [0.05, 0.1) is 0 Å². The number of H-pyrrole nitrogens is 1. The molecule has 3 aromatic rings. The second kappa shape index (κ2) is 3.03. The van der Waals surface area contributed by atoms with Crippen LogP contribution < -0.4 is 5.73 Å². The molecule has 15 heavy (non-hydrogen) atoms. The van der Waals surface area contributed by atoms with Crippen molar-refractivity contribution in [2.75, 3.05) is 5.73 Å². The second-order valence-electron chi connectivity index (χ2n) is 3.05. The lowest BCUT2D eigenvalue weighted by molar-refractivity contribution is 1.21. The summed E-state index contributed by atoms with van der Waals surface area (Å²) in [5.74, 6) is 1.20. The minimum Gasteiger partial charge on any atom is -0.382 e. The summed E-state index contributed by atoms with van der Waals surface area (Å²) in [5, 5.41) is 4.01. The monoisotopic (exact) mass is 217 g/mol. The molecule has 0 aromatic carbocycles. The first-order chi connectivity index (χ1) is 7.34. The van der Waals surface area contributed by atoms with Crippen LogP contribution in [0.25, 0.3) is 22.6 Å². The predicted octanol–water partition coefficient (Wildman–Crippen LogP) is 1.66. The molecule has 3 N–H and O–H groups in total. The summed E-state index contributed by atoms with van der Waals surface area (Å²) in [6, 6.07) is 1.99. The number of hydrogen-bond acceptors (Lipinski definition) is 5. The Balaban J connectivity index is 2.27. The standard InChI is InChI=1S/C9H7N5S/c10-7-6-9(12-4-11-7)14-8(13-6)5-1-2-15-3-5/h1-4H,(H3,10,11,12,13,14). The average molecular weight is 217 g/mol. The highest BCUT2D eigenvalue weighted by atomic mass is 32.1. The van der Waals surface area contributed by atoms with Crippen LogP contribution in [0, 0.1) is 0 Å². The number of anilines is 1. The summed E-state index contributed by atoms with van der Waals surface area (Å²) < 4.78 is 0. The number of imidazole rings is 1. The summed E-state index contributed by atoms with van der Waals surface area (Å²) in [7, 11) is 0. The molecule has 0 aliphatic carbocycles. The van der Waals surface area contributed by atoms with Gasteiger partial charge in [-0.2, -0.15) is 11.3 Å². The maximum Gasteiger partial charge on any atom is 0.183 e. The van der Waals surface area contributed by atoms with E-state index in [1.165, 1.54) is 6.33 Å². The fourth-order valence-corrected chi connectivity index (χ4v) is 2.02. The third-order valence-electron chi connectivity index (χ3n) is 2.11. The smallest absolute Gasteiger partial charge is 0.183 e. The Hall–Kier alpha value is -1.95. The molecule has 3 heterocycles. The Bertz CT molecular complexity index is 598. The first-order valence-corrected chi connectivity index (χ1v) is 5.27. The molecule has 0 atom stereocenters. The first-order valence-electron chi connectivity index (χ1n) is 4.33. The summed E-state index contributed by atoms with van der Waals surface area (Å²) in [6.45, 7) is 0. The molecular weight excluding hydrogens is 210 g/mol. The molecule has 74 valence electrons. The molecule has 0 saturated carbocycles. The highest BCUT2D eigenvalue weighted by Crippen LogP contribution is 2.22. The molecule has 0 amide bonds. The van der Waals surface area contributed by atoms with Crippen LogP contribution in [-0.4, -0.2) is 19.9 Å². The number of nitrogen functional groups attached to an aromatic ring is 1. The van der Waals surface area contributed by atoms with Crippen LogP contribution in [0.3, 0.4) is 0 Å². The van der Waals surface area contributed by atoms with E-state index in [4.69, 9.17) is 5.73 Å². The van der Waals surface area contributed by atoms with Crippen molar-refractivity contribution in [2.45, 2.75) is 0 Å². The van der Waals surface area contributed by atoms with Crippen molar-refractivity contribution < 1.29 is 0 Å². The quantitative estimate of drug-likeness (QED) is 0.649. The molecule has 3 rings (SSSR count). The number of thiophene rings is 1. The Labute approximate surface area is 89.0 Å². The van der Waals surface area contributed by atoms with Crippen molar-refractivity contribution in [2.24, 2.45) is 0 Å². The molecule has 0 radical (unpaired) electrons. The van der Waals surface area contributed by atoms with Crippen molar-refractivity contribution >= 4 is 28.3 Å². The molecule has 0 bridgehead atoms. The van der Waals surface area contributed by atoms with Crippen LogP contribution in [0.5, 0.6) is 0 Å². The van der Waals surface area contributed by atoms with E-state index >= 15 is 0 Å². The molecule has 0 saturated heterocycles. The molecule has 0 unspecified atom stereocenters. The van der Waals surface area contributed by atoms with E-state index in [9.17, 15) is 0 Å². The first kappa shape index (κ1) is 8.37. The Morgan fingerprint density at radius 2 is 2.27 bits per heavy atom. The second-order valence-corrected chi connectivity index (χ2v) is 3.83. The van der Waals surface area contributed by atoms with Crippen LogP contribution in [0.15, 0.2) is 23.2 Å². The van der Waals surface area contributed by atoms with Gasteiger partial charge in [0.2, 0.25) is 0 Å². The normalized spacial score (nSPS) is 10.9. The number of fused-ring (bicyclic) bond motifs is 1. The van der Waals surface area contributed by atoms with Crippen LogP contribution in [0.1, 0.15) is 0 Å². The van der Waals surface area contributed by atoms with E-state index in [1.54, 1.807) is 11.3 Å². The summed E-state index contributed by atoms with van der Waals surface area (Å²) in [5.41, 5.74) is 8.04. The van der Waals surface area contributed by atoms with E-state index in [0.717, 1.165) is 11.4 Å². The highest BCUT2D eigenvalue weighted by molar-refractivity contribution is 7.08. The number of nitrogens with one attached hydrogen (secondary N) is 1. The van der Waals surface area contributed by atoms with Gasteiger partial charge >= 0.3 is 0 Å². The lowest BCUT2D eigenvalue weighted by Gasteiger charge is -1.90. The van der Waals surface area contributed by atoms with Crippen LogP contribution in [-0.2, 0) is 0 Å². The molecule has 0 spiro atoms. The summed E-state index contributed by atoms with van der Waals surface area (Å²) in [4.78, 5) is 15.4. The topological polar surface area (TPSA) is 80.5 Å². The van der Waals surface area contributed by atoms with E-state index in [0.29, 0.717) is 17.0 Å². The van der Waals surface area contributed by atoms with Crippen LogP contribution in [0.2, 0.25) is 0 Å². The number of hydrogen-bond donors (Lipinski definition) is 2. The van der Waals surface area contributed by atoms with Gasteiger partial charge < -0.3 is 10.7 Å². The Morgan fingerprint density at radius 3 is 3.00 bits per heavy atom. The van der Waals surface area contributed by atoms with E-state index in [1.807, 2.05) is 16.8 Å². The maximum atomic E-state index is 5.70. The highest BCUT2D eigenvalue weighted by Gasteiger charge is 2.08. The van der Waals surface area contributed by atoms with Gasteiger partial charge in [-0.05, 0) is 11.4 Å². The molecule has 6 heteroatoms. The van der Waals surface area contributed by atoms with Gasteiger partial charge in [-0.15, -0.1) is 0 Å². The van der Waals surface area contributed by atoms with Crippen LogP contribution >= 0.6 is 11.3 Å². The lowest BCUT2D eigenvalue weighted by Crippen LogP contribution is -1.91. The molecule has 5 nitrogen and oxygen atoms in total. The van der Waals surface area contributed by atoms with Gasteiger partial charge in [-0.1, -0.05) is 0 Å². The zero-order valence-corrected chi connectivity index (χ0v) is 8.45. The van der Waals surface area contributed by atoms with Crippen LogP contribution in [0.4, 0.5) is 5.82 Å². The van der Waals surface area contributed by atoms with Gasteiger partial charge in [0.15, 0.2) is 11.5 Å². The van der Waals surface area contributed by atoms with Crippen molar-refractivity contribution in [3.8, 4) is 11.4 Å². The zero-order valence-electron chi connectivity index (χ0n) is 7.64. The predicted molar refractivity (Wildman–Crippen MR) is 59.4 cm³/mol. The van der Waals surface area contributed by atoms with Crippen molar-refractivity contribution in [1.82, 2.24) is 19.9 Å². The third-order valence-corrected chi connectivity index (χ3v) is 2.80. The minimum absolute atomic E-state index is 0.425. The van der Waals surface area contributed by atoms with Gasteiger partial charge in [-0.3, -0.25) is 0 Å². The number of nitrogens with two attached hydrogens (primary N) is 1. The molecule has 0 fully saturated rings. The summed E-state index contributed by atoms with van der Waals surface area (Å²) >= 11 is 1.62. The molecule has 0 aliphatic heterocycles. The SMILES string of the molecule is Nc1ncnc2nc(-c3ccsc3)[nH]c12. The number of aromatic nitrogens is 4. The number of nitrogens with zero attached hydrogens (tertiary/aromatic N) is 3. The van der Waals surface area contributed by atoms with Gasteiger partial charge in [0.25, 0.3) is 0 Å². The maximum absolute atomic E-state index is 5.70. The van der Waals surface area contributed by atoms with E-state index < -0.39 is 0 Å². The fraction of sp³-hybridized carbons (Fsp3) is 0. The molecular formula is C9H7N5S. The summed E-state index contributed by atoms with van der Waals surface area (Å²) in [6.07, 6.45) is 1.41. The average Bonchev–Trinajstić information content (AvgIpc) is 2.86. The lowest BCUT2D eigenvalue weighted by atomic mass is 10.3. The Kier molecular flexibility index (Phi) is 1.69. The van der Waals surface area contributed by atoms with Crippen molar-refractivity contribution in [3.05, 3.63) is 23.2 Å². The van der Waals surface area contributed by atoms with Crippen molar-refractivity contribution in [1.29, 1.82) is 0 Å². The van der Waals surface area contributed by atoms with Gasteiger partial charge in [0.1, 0.15) is 17.7 Å². The molecule has 3 aromatic heterocycles. The number of rotatable bonds is 1. The van der Waals surface area contributed by atoms with Crippen molar-refractivity contribution in [3.63, 3.8) is 0 Å². The minimum atomic E-state index is 0.425. The third kappa shape index (κ3) is 1.26. The van der Waals surface area contributed by atoms with Gasteiger partial charge in [0, 0.05) is 10.9 Å². The zero-order chi connectivity index (χ0) is 10.3. The largest absolute Gasteiger partial charge is 0.382 e.